The van der Waals surface area contributed by atoms with Crippen LogP contribution in [0.1, 0.15) is 41.6 Å². The Morgan fingerprint density at radius 1 is 0.926 bits per heavy atom. The molecule has 27 heavy (non-hydrogen) atoms. The van der Waals surface area contributed by atoms with E-state index < -0.39 is 15.8 Å². The van der Waals surface area contributed by atoms with Crippen LogP contribution in [0.3, 0.4) is 0 Å². The minimum Gasteiger partial charge on any atom is -0.481 e. The van der Waals surface area contributed by atoms with Gasteiger partial charge in [-0.05, 0) is 36.6 Å². The summed E-state index contributed by atoms with van der Waals surface area (Å²) in [5.74, 6) is -1.29. The standard InChI is InChI=1S/C20H23NO5S/c22-19(23)12-5-2-6-13-21-20(24)17-10-7-11-18(14-17)27(25,26)15-16-8-3-1-4-9-16/h1,3-4,7-11,14H,2,5-6,12-13,15H2,(H,21,24)(H,22,23). The summed E-state index contributed by atoms with van der Waals surface area (Å²) in [6, 6.07) is 14.9. The highest BCUT2D eigenvalue weighted by Crippen LogP contribution is 2.18. The van der Waals surface area contributed by atoms with Crippen LogP contribution in [0.2, 0.25) is 0 Å². The number of unbranched alkanes of at least 4 members (excludes halogenated alkanes) is 2. The smallest absolute Gasteiger partial charge is 0.303 e. The van der Waals surface area contributed by atoms with E-state index in [4.69, 9.17) is 5.11 Å². The summed E-state index contributed by atoms with van der Waals surface area (Å²) in [5, 5.41) is 11.3. The molecular weight excluding hydrogens is 366 g/mol. The van der Waals surface area contributed by atoms with Crippen molar-refractivity contribution in [3.8, 4) is 0 Å². The topological polar surface area (TPSA) is 101 Å². The van der Waals surface area contributed by atoms with E-state index in [0.717, 1.165) is 0 Å². The molecule has 2 aromatic carbocycles. The van der Waals surface area contributed by atoms with Gasteiger partial charge in [-0.3, -0.25) is 9.59 Å². The van der Waals surface area contributed by atoms with Gasteiger partial charge in [-0.2, -0.15) is 0 Å². The fourth-order valence-corrected chi connectivity index (χ4v) is 3.98. The van der Waals surface area contributed by atoms with Crippen molar-refractivity contribution in [1.82, 2.24) is 5.32 Å². The molecule has 1 amide bonds. The number of nitrogens with one attached hydrogen (secondary N) is 1. The third kappa shape index (κ3) is 6.86. The molecule has 0 saturated carbocycles. The molecule has 0 fully saturated rings. The predicted octanol–water partition coefficient (Wildman–Crippen LogP) is 3.04. The van der Waals surface area contributed by atoms with Crippen molar-refractivity contribution >= 4 is 21.7 Å². The van der Waals surface area contributed by atoms with Gasteiger partial charge in [-0.25, -0.2) is 8.42 Å². The number of carbonyl (C=O) groups is 2. The molecule has 2 rings (SSSR count). The average molecular weight is 389 g/mol. The molecule has 6 nitrogen and oxygen atoms in total. The Kier molecular flexibility index (Phi) is 7.55. The van der Waals surface area contributed by atoms with Gasteiger partial charge in [0.1, 0.15) is 0 Å². The Bertz CT molecular complexity index is 878. The molecule has 2 aromatic rings. The molecule has 0 atom stereocenters. The number of carboxylic acids is 1. The summed E-state index contributed by atoms with van der Waals surface area (Å²) >= 11 is 0. The molecule has 0 spiro atoms. The Labute approximate surface area is 159 Å². The lowest BCUT2D eigenvalue weighted by atomic mass is 10.2. The minimum atomic E-state index is -3.55. The summed E-state index contributed by atoms with van der Waals surface area (Å²) in [6.45, 7) is 0.416. The number of rotatable bonds is 10. The second-order valence-corrected chi connectivity index (χ2v) is 8.22. The average Bonchev–Trinajstić information content (AvgIpc) is 2.64. The first-order valence-electron chi connectivity index (χ1n) is 8.75. The van der Waals surface area contributed by atoms with E-state index in [9.17, 15) is 18.0 Å². The van der Waals surface area contributed by atoms with Crippen LogP contribution in [-0.2, 0) is 20.4 Å². The van der Waals surface area contributed by atoms with Crippen LogP contribution >= 0.6 is 0 Å². The van der Waals surface area contributed by atoms with Crippen LogP contribution in [0.15, 0.2) is 59.5 Å². The molecule has 2 N–H and O–H groups in total. The fraction of sp³-hybridized carbons (Fsp3) is 0.300. The van der Waals surface area contributed by atoms with Gasteiger partial charge in [0.25, 0.3) is 5.91 Å². The van der Waals surface area contributed by atoms with Gasteiger partial charge >= 0.3 is 5.97 Å². The van der Waals surface area contributed by atoms with E-state index in [1.165, 1.54) is 12.1 Å². The number of aliphatic carboxylic acids is 1. The van der Waals surface area contributed by atoms with Gasteiger partial charge in [-0.1, -0.05) is 42.8 Å². The van der Waals surface area contributed by atoms with Crippen LogP contribution in [0.25, 0.3) is 0 Å². The lowest BCUT2D eigenvalue weighted by molar-refractivity contribution is -0.137. The highest BCUT2D eigenvalue weighted by molar-refractivity contribution is 7.90. The number of hydrogen-bond donors (Lipinski definition) is 2. The zero-order chi connectivity index (χ0) is 19.7. The maximum absolute atomic E-state index is 12.6. The van der Waals surface area contributed by atoms with Crippen LogP contribution < -0.4 is 5.32 Å². The van der Waals surface area contributed by atoms with Crippen molar-refractivity contribution in [2.45, 2.75) is 36.3 Å². The van der Waals surface area contributed by atoms with Crippen molar-refractivity contribution in [1.29, 1.82) is 0 Å². The quantitative estimate of drug-likeness (QED) is 0.608. The van der Waals surface area contributed by atoms with E-state index in [2.05, 4.69) is 5.32 Å². The zero-order valence-corrected chi connectivity index (χ0v) is 15.7. The highest BCUT2D eigenvalue weighted by atomic mass is 32.2. The van der Waals surface area contributed by atoms with Gasteiger partial charge in [0.05, 0.1) is 10.6 Å². The second kappa shape index (κ2) is 9.87. The van der Waals surface area contributed by atoms with Crippen LogP contribution in [0, 0.1) is 0 Å². The minimum absolute atomic E-state index is 0.112. The van der Waals surface area contributed by atoms with Crippen molar-refractivity contribution in [3.05, 3.63) is 65.7 Å². The molecule has 0 radical (unpaired) electrons. The second-order valence-electron chi connectivity index (χ2n) is 6.23. The van der Waals surface area contributed by atoms with Gasteiger partial charge in [-0.15, -0.1) is 0 Å². The summed E-state index contributed by atoms with van der Waals surface area (Å²) in [4.78, 5) is 22.8. The molecule has 144 valence electrons. The van der Waals surface area contributed by atoms with Crippen LogP contribution in [-0.4, -0.2) is 31.9 Å². The van der Waals surface area contributed by atoms with Gasteiger partial charge < -0.3 is 10.4 Å². The molecule has 0 saturated heterocycles. The number of carboxylic acid groups (broad SMARTS) is 1. The van der Waals surface area contributed by atoms with Crippen molar-refractivity contribution in [2.75, 3.05) is 6.54 Å². The van der Waals surface area contributed by atoms with Crippen molar-refractivity contribution < 1.29 is 23.1 Å². The molecule has 0 unspecified atom stereocenters. The largest absolute Gasteiger partial charge is 0.481 e. The van der Waals surface area contributed by atoms with Crippen LogP contribution in [0.5, 0.6) is 0 Å². The fourth-order valence-electron chi connectivity index (χ4n) is 2.59. The first-order valence-corrected chi connectivity index (χ1v) is 10.4. The lowest BCUT2D eigenvalue weighted by Gasteiger charge is -2.08. The first kappa shape index (κ1) is 20.6. The van der Waals surface area contributed by atoms with Crippen molar-refractivity contribution in [3.63, 3.8) is 0 Å². The van der Waals surface area contributed by atoms with Gasteiger partial charge in [0.15, 0.2) is 9.84 Å². The summed E-state index contributed by atoms with van der Waals surface area (Å²) in [6.07, 6.45) is 2.07. The number of hydrogen-bond acceptors (Lipinski definition) is 4. The third-order valence-corrected chi connectivity index (χ3v) is 5.69. The monoisotopic (exact) mass is 389 g/mol. The molecule has 7 heteroatoms. The summed E-state index contributed by atoms with van der Waals surface area (Å²) in [5.41, 5.74) is 0.975. The Morgan fingerprint density at radius 3 is 2.37 bits per heavy atom. The Hall–Kier alpha value is -2.67. The first-order chi connectivity index (χ1) is 12.9. The van der Waals surface area contributed by atoms with E-state index in [1.807, 2.05) is 6.07 Å². The number of carbonyl (C=O) groups excluding carboxylic acids is 1. The normalized spacial score (nSPS) is 11.1. The maximum atomic E-state index is 12.6. The Morgan fingerprint density at radius 2 is 1.67 bits per heavy atom. The molecular formula is C20H23NO5S. The van der Waals surface area contributed by atoms with E-state index in [0.29, 0.717) is 31.4 Å². The summed E-state index contributed by atoms with van der Waals surface area (Å²) in [7, 11) is -3.55. The molecule has 0 aromatic heterocycles. The Balaban J connectivity index is 1.93. The third-order valence-electron chi connectivity index (χ3n) is 4.01. The van der Waals surface area contributed by atoms with Crippen molar-refractivity contribution in [2.24, 2.45) is 0 Å². The lowest BCUT2D eigenvalue weighted by Crippen LogP contribution is -2.24. The number of benzene rings is 2. The molecule has 0 bridgehead atoms. The summed E-state index contributed by atoms with van der Waals surface area (Å²) < 4.78 is 25.2. The predicted molar refractivity (Wildman–Crippen MR) is 102 cm³/mol. The molecule has 0 heterocycles. The SMILES string of the molecule is O=C(O)CCCCCNC(=O)c1cccc(S(=O)(=O)Cc2ccccc2)c1. The van der Waals surface area contributed by atoms with E-state index >= 15 is 0 Å². The van der Waals surface area contributed by atoms with Gasteiger partial charge in [0.2, 0.25) is 0 Å². The van der Waals surface area contributed by atoms with E-state index in [1.54, 1.807) is 36.4 Å². The maximum Gasteiger partial charge on any atom is 0.303 e. The highest BCUT2D eigenvalue weighted by Gasteiger charge is 2.17. The van der Waals surface area contributed by atoms with Gasteiger partial charge in [0, 0.05) is 18.5 Å². The zero-order valence-electron chi connectivity index (χ0n) is 14.9. The van der Waals surface area contributed by atoms with Crippen LogP contribution in [0.4, 0.5) is 0 Å². The molecule has 0 aliphatic rings. The molecule has 0 aliphatic carbocycles. The van der Waals surface area contributed by atoms with E-state index in [-0.39, 0.29) is 28.5 Å². The number of amides is 1. The number of sulfone groups is 1. The molecule has 0 aliphatic heterocycles.